The van der Waals surface area contributed by atoms with E-state index < -0.39 is 201 Å². The van der Waals surface area contributed by atoms with E-state index in [0.29, 0.717) is 48.5 Å². The number of benzene rings is 4. The quantitative estimate of drug-likeness (QED) is 0.0208. The molecule has 0 radical (unpaired) electrons. The maximum absolute atomic E-state index is 14.2. The Bertz CT molecular complexity index is 5310. The Kier molecular flexibility index (Phi) is 35.9. The fraction of sp³-hybridized carbons (Fsp3) is 0.450. The van der Waals surface area contributed by atoms with E-state index in [9.17, 15) is 134 Å². The van der Waals surface area contributed by atoms with Gasteiger partial charge in [-0.2, -0.15) is 73.1 Å². The van der Waals surface area contributed by atoms with Gasteiger partial charge in [-0.1, -0.05) is 0 Å². The van der Waals surface area contributed by atoms with Gasteiger partial charge < -0.3 is 61.4 Å². The van der Waals surface area contributed by atoms with Gasteiger partial charge in [-0.15, -0.1) is 0 Å². The lowest BCUT2D eigenvalue weighted by Gasteiger charge is -2.40. The average molecular weight is 1920 g/mol. The number of nitrogens with zero attached hydrogens (tertiary/aromatic N) is 12. The van der Waals surface area contributed by atoms with E-state index in [1.807, 2.05) is 0 Å². The zero-order valence-corrected chi connectivity index (χ0v) is 69.9. The minimum atomic E-state index is -4.60. The molecular formula is C80H84F24N16O12. The second kappa shape index (κ2) is 44.5. The zero-order valence-electron chi connectivity index (χ0n) is 69.9. The average Bonchev–Trinajstić information content (AvgIpc) is 1.26. The van der Waals surface area contributed by atoms with Crippen LogP contribution in [0.25, 0.3) is 0 Å². The molecule has 4 aliphatic rings. The van der Waals surface area contributed by atoms with Crippen molar-refractivity contribution in [3.05, 3.63) is 212 Å². The number of nitrogens with two attached hydrogens (primary N) is 2. The number of alkyl carbamates (subject to hydrolysis) is 2. The summed E-state index contributed by atoms with van der Waals surface area (Å²) in [7, 11) is 0. The molecule has 12 rings (SSSR count). The molecule has 0 bridgehead atoms. The zero-order chi connectivity index (χ0) is 98.9. The van der Waals surface area contributed by atoms with E-state index >= 15 is 0 Å². The molecule has 724 valence electrons. The third-order valence-corrected chi connectivity index (χ3v) is 19.4. The van der Waals surface area contributed by atoms with Gasteiger partial charge >= 0.3 is 36.9 Å². The number of halogens is 24. The van der Waals surface area contributed by atoms with E-state index in [1.165, 1.54) is 32.0 Å². The second-order valence-corrected chi connectivity index (χ2v) is 32.0. The molecule has 4 aromatic heterocycles. The van der Waals surface area contributed by atoms with Crippen molar-refractivity contribution in [3.8, 4) is 0 Å². The van der Waals surface area contributed by atoms with Crippen molar-refractivity contribution < 1.29 is 163 Å². The lowest BCUT2D eigenvalue weighted by Crippen LogP contribution is -2.53. The SMILES string of the molecule is CC(C)(C)OC(=O)N[C@@H](CC(=O)N1CC(n2ccc(C(F)(F)F)n2)C1)Cc1cc(F)c(F)cc1F.CC(C)(C)OC(=O)N[C@@H](CC(=O)N1CC(n2nccc2C(F)(F)F)C1)Cc1cc(F)c(F)cc1F.N[C@@H](CC(=O)N1CC(n2ccc(C(F)(F)F)n2)C1)Cc1cc(F)c(F)cc1F.N[C@@H](CC(=O)N1CC(n2nccc2C(F)(F)F)C1)Cc1cc(F)c(F)cc1F.O=CO.O=CO. The highest BCUT2D eigenvalue weighted by Gasteiger charge is 2.45. The molecule has 4 aliphatic heterocycles. The molecule has 0 spiro atoms. The number of hydrogen-bond donors (Lipinski definition) is 6. The van der Waals surface area contributed by atoms with Crippen molar-refractivity contribution in [1.29, 1.82) is 0 Å². The van der Waals surface area contributed by atoms with Crippen molar-refractivity contribution in [2.24, 2.45) is 11.5 Å². The number of rotatable bonds is 22. The molecule has 4 fully saturated rings. The number of ether oxygens (including phenoxy) is 2. The summed E-state index contributed by atoms with van der Waals surface area (Å²) in [5.41, 5.74) is 5.14. The summed E-state index contributed by atoms with van der Waals surface area (Å²) in [6.45, 7) is 9.62. The molecule has 28 nitrogen and oxygen atoms in total. The molecule has 6 amide bonds. The summed E-state index contributed by atoms with van der Waals surface area (Å²) in [5.74, 6) is -16.3. The first-order chi connectivity index (χ1) is 61.2. The summed E-state index contributed by atoms with van der Waals surface area (Å²) in [6, 6.07) is 1.70. The number of carbonyl (C=O) groups excluding carboxylic acids is 6. The molecule has 4 saturated heterocycles. The molecule has 0 aliphatic carbocycles. The second-order valence-electron chi connectivity index (χ2n) is 32.0. The molecule has 0 unspecified atom stereocenters. The van der Waals surface area contributed by atoms with Crippen molar-refractivity contribution >= 4 is 48.8 Å². The Labute approximate surface area is 732 Å². The lowest BCUT2D eigenvalue weighted by molar-refractivity contribution is -0.149. The van der Waals surface area contributed by atoms with Crippen LogP contribution in [0.1, 0.15) is 136 Å². The summed E-state index contributed by atoms with van der Waals surface area (Å²) in [6.07, 6.45) is -17.8. The molecule has 52 heteroatoms. The number of alkyl halides is 12. The Balaban J connectivity index is 0.000000236. The Hall–Kier alpha value is -12.7. The van der Waals surface area contributed by atoms with Crippen LogP contribution in [0, 0.1) is 69.8 Å². The number of aromatic nitrogens is 8. The lowest BCUT2D eigenvalue weighted by atomic mass is 10.00. The highest BCUT2D eigenvalue weighted by molar-refractivity contribution is 5.80. The van der Waals surface area contributed by atoms with Crippen molar-refractivity contribution in [2.45, 2.75) is 177 Å². The molecule has 8 heterocycles. The number of carboxylic acid groups (broad SMARTS) is 2. The topological polar surface area (TPSA) is 356 Å². The van der Waals surface area contributed by atoms with Crippen LogP contribution in [0.4, 0.5) is 115 Å². The van der Waals surface area contributed by atoms with Crippen LogP contribution in [0.2, 0.25) is 0 Å². The number of hydrogen-bond acceptors (Lipinski definition) is 16. The van der Waals surface area contributed by atoms with E-state index in [0.717, 1.165) is 55.4 Å². The van der Waals surface area contributed by atoms with Gasteiger partial charge in [0.15, 0.2) is 57.9 Å². The van der Waals surface area contributed by atoms with Crippen LogP contribution in [-0.2, 0) is 88.6 Å². The van der Waals surface area contributed by atoms with Crippen LogP contribution in [0.15, 0.2) is 97.6 Å². The fourth-order valence-corrected chi connectivity index (χ4v) is 13.1. The van der Waals surface area contributed by atoms with Gasteiger partial charge in [0.1, 0.15) is 45.9 Å². The predicted octanol–water partition coefficient (Wildman–Crippen LogP) is 13.2. The van der Waals surface area contributed by atoms with E-state index in [4.69, 9.17) is 40.7 Å². The van der Waals surface area contributed by atoms with Crippen LogP contribution < -0.4 is 22.1 Å². The number of likely N-dealkylation sites (tertiary alicyclic amines) is 4. The summed E-state index contributed by atoms with van der Waals surface area (Å²) in [4.78, 5) is 96.4. The summed E-state index contributed by atoms with van der Waals surface area (Å²) < 4.78 is 330. The largest absolute Gasteiger partial charge is 0.483 e. The van der Waals surface area contributed by atoms with Gasteiger partial charge in [-0.05, 0) is 138 Å². The Morgan fingerprint density at radius 3 is 0.871 bits per heavy atom. The first-order valence-electron chi connectivity index (χ1n) is 39.0. The minimum absolute atomic E-state index is 0.0376. The highest BCUT2D eigenvalue weighted by Crippen LogP contribution is 2.38. The molecular weight excluding hydrogens is 1830 g/mol. The monoisotopic (exact) mass is 1920 g/mol. The van der Waals surface area contributed by atoms with Gasteiger partial charge in [0.05, 0.1) is 24.2 Å². The third kappa shape index (κ3) is 30.7. The predicted molar refractivity (Wildman–Crippen MR) is 410 cm³/mol. The van der Waals surface area contributed by atoms with Crippen LogP contribution in [0.5, 0.6) is 0 Å². The van der Waals surface area contributed by atoms with Gasteiger partial charge in [-0.3, -0.25) is 47.5 Å². The van der Waals surface area contributed by atoms with E-state index in [-0.39, 0.29) is 151 Å². The van der Waals surface area contributed by atoms with Crippen LogP contribution in [0.3, 0.4) is 0 Å². The highest BCUT2D eigenvalue weighted by atomic mass is 19.4. The first kappa shape index (κ1) is 106. The van der Waals surface area contributed by atoms with Gasteiger partial charge in [0, 0.05) is 151 Å². The van der Waals surface area contributed by atoms with Gasteiger partial charge in [0.2, 0.25) is 23.6 Å². The normalized spacial score (nSPS) is 15.3. The van der Waals surface area contributed by atoms with Crippen molar-refractivity contribution in [2.75, 3.05) is 52.4 Å². The van der Waals surface area contributed by atoms with Crippen LogP contribution >= 0.6 is 0 Å². The Morgan fingerprint density at radius 1 is 0.386 bits per heavy atom. The number of nitrogens with one attached hydrogen (secondary N) is 2. The van der Waals surface area contributed by atoms with Gasteiger partial charge in [-0.25, -0.2) is 62.3 Å². The van der Waals surface area contributed by atoms with E-state index in [2.05, 4.69) is 31.0 Å². The van der Waals surface area contributed by atoms with Gasteiger partial charge in [0.25, 0.3) is 12.9 Å². The van der Waals surface area contributed by atoms with Crippen molar-refractivity contribution in [3.63, 3.8) is 0 Å². The molecule has 0 saturated carbocycles. The molecule has 4 aromatic carbocycles. The summed E-state index contributed by atoms with van der Waals surface area (Å²) in [5, 5.41) is 33.0. The number of amides is 6. The molecule has 4 atom stereocenters. The van der Waals surface area contributed by atoms with E-state index in [1.54, 1.807) is 41.5 Å². The Morgan fingerprint density at radius 2 is 0.629 bits per heavy atom. The maximum atomic E-state index is 14.2. The molecule has 8 aromatic rings. The molecule has 8 N–H and O–H groups in total. The fourth-order valence-electron chi connectivity index (χ4n) is 13.1. The number of carbonyl (C=O) groups is 8. The maximum Gasteiger partial charge on any atom is 0.435 e. The third-order valence-electron chi connectivity index (χ3n) is 19.4. The van der Waals surface area contributed by atoms with Crippen LogP contribution in [-0.4, -0.2) is 205 Å². The summed E-state index contributed by atoms with van der Waals surface area (Å²) >= 11 is 0. The standard InChI is InChI=1S/2C22H24F6N4O3.2C17H16F6N4O.2CH2O2/c1-21(2,3)35-20(34)29-13(6-12-7-16(24)17(25)9-15(12)23)8-19(33)31-10-14(11-31)32-5-4-18(30-32)22(26,27)28;1-21(2,3)35-20(34)30-13(6-12-7-16(24)17(25)9-15(12)23)8-19(33)31-10-14(11-31)32-18(4-5-29-32)22(26,27)28;18-12-6-14(20)13(19)4-9(12)3-10(24)5-16(28)26-7-11(8-26)27-2-1-15(25-27)17(21,22)23;18-12-6-14(20)13(19)4-9(12)3-10(24)5-16(28)26-7-11(8-26)27-15(1-2-25-27)17(21,22)23;2*2-1-3/h4-5,7,9,13-14H,6,8,10-11H2,1-3H3,(H,29,34);4-5,7,9,13-14H,6,8,10-11H2,1-3H3,(H,30,34);2*1-2,4,6,10-11H,3,5,7-8,24H2;2*1H,(H,2,3)/t2*13-;2*10-;;/m1111../s1. The smallest absolute Gasteiger partial charge is 0.435 e. The minimum Gasteiger partial charge on any atom is -0.483 e. The molecule has 132 heavy (non-hydrogen) atoms. The van der Waals surface area contributed by atoms with Crippen molar-refractivity contribution in [1.82, 2.24) is 69.4 Å². The first-order valence-corrected chi connectivity index (χ1v) is 39.0.